The molecule has 0 spiro atoms. The summed E-state index contributed by atoms with van der Waals surface area (Å²) >= 11 is 6.54. The minimum absolute atomic E-state index is 0.0180. The minimum atomic E-state index is -3.90. The van der Waals surface area contributed by atoms with Gasteiger partial charge in [0, 0.05) is 22.9 Å². The Balaban J connectivity index is 1.20. The number of carbonyl (C=O) groups is 3. The average Bonchev–Trinajstić information content (AvgIpc) is 4.05. The van der Waals surface area contributed by atoms with Crippen LogP contribution in [0, 0.1) is 18.3 Å². The first kappa shape index (κ1) is 51.9. The number of sulfone groups is 1. The molecule has 1 aromatic heterocycles. The smallest absolute Gasteiger partial charge is 0.415 e. The molecule has 0 bridgehead atoms. The fourth-order valence-corrected chi connectivity index (χ4v) is 10.0. The Morgan fingerprint density at radius 3 is 2.24 bits per heavy atom. The molecule has 1 heterocycles. The molecule has 0 radical (unpaired) electrons. The highest BCUT2D eigenvalue weighted by Crippen LogP contribution is 2.40. The Labute approximate surface area is 420 Å². The number of ether oxygens (including phenoxy) is 2. The second kappa shape index (κ2) is 21.2. The molecule has 5 aromatic carbocycles. The lowest BCUT2D eigenvalue weighted by molar-refractivity contribution is -0.122. The van der Waals surface area contributed by atoms with E-state index in [9.17, 15) is 33.2 Å². The van der Waals surface area contributed by atoms with Gasteiger partial charge in [-0.05, 0) is 151 Å². The molecule has 2 amide bonds. The number of rotatable bonds is 17. The van der Waals surface area contributed by atoms with Gasteiger partial charge in [0.25, 0.3) is 5.91 Å². The molecule has 1 unspecified atom stereocenters. The second-order valence-corrected chi connectivity index (χ2v) is 21.7. The maximum Gasteiger partial charge on any atom is 0.415 e. The summed E-state index contributed by atoms with van der Waals surface area (Å²) < 4.78 is 44.3. The van der Waals surface area contributed by atoms with Gasteiger partial charge in [0.15, 0.2) is 15.4 Å². The minimum Gasteiger partial charge on any atom is -0.508 e. The molecule has 0 aliphatic heterocycles. The number of allylic oxidation sites excluding steroid dienone is 1. The van der Waals surface area contributed by atoms with E-state index in [1.165, 1.54) is 66.6 Å². The lowest BCUT2D eigenvalue weighted by Gasteiger charge is -2.30. The molecule has 6 aromatic rings. The van der Waals surface area contributed by atoms with Crippen molar-refractivity contribution in [3.8, 4) is 17.6 Å². The van der Waals surface area contributed by atoms with Gasteiger partial charge in [-0.1, -0.05) is 84.2 Å². The van der Waals surface area contributed by atoms with Crippen LogP contribution in [0.5, 0.6) is 11.5 Å². The van der Waals surface area contributed by atoms with E-state index in [1.54, 1.807) is 36.4 Å². The number of ketones is 1. The van der Waals surface area contributed by atoms with Gasteiger partial charge in [0.05, 0.1) is 28.5 Å². The number of halogens is 1. The first-order valence-electron chi connectivity index (χ1n) is 23.7. The highest BCUT2D eigenvalue weighted by atomic mass is 35.5. The first-order valence-corrected chi connectivity index (χ1v) is 25.7. The molecule has 7 rings (SSSR count). The Morgan fingerprint density at radius 1 is 0.944 bits per heavy atom. The number of nitriles is 1. The number of fused-ring (bicyclic) bond motifs is 1. The molecule has 2 N–H and O–H groups in total. The zero-order valence-corrected chi connectivity index (χ0v) is 42.8. The normalized spacial score (nSPS) is 13.9. The molecule has 370 valence electrons. The van der Waals surface area contributed by atoms with E-state index in [0.29, 0.717) is 46.5 Å². The molecule has 71 heavy (non-hydrogen) atoms. The van der Waals surface area contributed by atoms with Crippen molar-refractivity contribution in [2.75, 3.05) is 17.3 Å². The molecule has 0 saturated heterocycles. The van der Waals surface area contributed by atoms with Gasteiger partial charge in [-0.2, -0.15) is 5.26 Å². The molecule has 1 saturated carbocycles. The van der Waals surface area contributed by atoms with Crippen LogP contribution in [0.1, 0.15) is 124 Å². The summed E-state index contributed by atoms with van der Waals surface area (Å²) in [5, 5.41) is 22.8. The monoisotopic (exact) mass is 998 g/mol. The van der Waals surface area contributed by atoms with Crippen LogP contribution in [-0.4, -0.2) is 55.5 Å². The fourth-order valence-electron chi connectivity index (χ4n) is 8.54. The van der Waals surface area contributed by atoms with Gasteiger partial charge in [-0.15, -0.1) is 0 Å². The largest absolute Gasteiger partial charge is 0.508 e. The highest BCUT2D eigenvalue weighted by molar-refractivity contribution is 7.90. The lowest BCUT2D eigenvalue weighted by Crippen LogP contribution is -2.46. The lowest BCUT2D eigenvalue weighted by atomic mass is 9.76. The van der Waals surface area contributed by atoms with Crippen molar-refractivity contribution in [3.63, 3.8) is 0 Å². The standard InChI is InChI=1S/C56H59ClN4O9S/c1-9-55(4,5)39-30-45(56(6,7)10-2)50-48(31-39)60-53(69-50)38(32-58)29-37-16-19-41(27-34(37)3)61(40-13-11-12-14-40)54(65)70-51(49(63)36-17-22-43(68-8)23-18-36)52(64)59-47-28-35(15-26-46(47)57)33-71(66,67)44-24-20-42(62)21-25-44/h15-31,40,51,62H,9-14,33H2,1-8H3,(H,59,64)/b38-29+. The number of hydrogen-bond donors (Lipinski definition) is 2. The summed E-state index contributed by atoms with van der Waals surface area (Å²) in [4.78, 5) is 49.6. The van der Waals surface area contributed by atoms with Crippen molar-refractivity contribution in [1.29, 1.82) is 5.26 Å². The molecular weight excluding hydrogens is 940 g/mol. The predicted octanol–water partition coefficient (Wildman–Crippen LogP) is 12.7. The Hall–Kier alpha value is -6.95. The molecule has 13 nitrogen and oxygen atoms in total. The number of phenolic OH excluding ortho intramolecular Hbond substituents is 1. The maximum absolute atomic E-state index is 14.7. The highest BCUT2D eigenvalue weighted by Gasteiger charge is 2.37. The summed E-state index contributed by atoms with van der Waals surface area (Å²) in [6.45, 7) is 14.9. The van der Waals surface area contributed by atoms with E-state index in [0.717, 1.165) is 36.8 Å². The van der Waals surface area contributed by atoms with Crippen LogP contribution in [0.4, 0.5) is 16.2 Å². The van der Waals surface area contributed by atoms with Crippen LogP contribution in [0.2, 0.25) is 5.02 Å². The molecule has 1 fully saturated rings. The van der Waals surface area contributed by atoms with E-state index in [4.69, 9.17) is 30.5 Å². The summed E-state index contributed by atoms with van der Waals surface area (Å²) in [6, 6.07) is 26.9. The predicted molar refractivity (Wildman–Crippen MR) is 277 cm³/mol. The fraction of sp³-hybridized carbons (Fsp3) is 0.339. The Morgan fingerprint density at radius 2 is 1.62 bits per heavy atom. The number of aromatic hydroxyl groups is 1. The number of phenols is 1. The van der Waals surface area contributed by atoms with Crippen molar-refractivity contribution >= 4 is 73.3 Å². The van der Waals surface area contributed by atoms with Crippen LogP contribution in [0.3, 0.4) is 0 Å². The summed E-state index contributed by atoms with van der Waals surface area (Å²) in [7, 11) is -2.43. The van der Waals surface area contributed by atoms with Gasteiger partial charge in [-0.25, -0.2) is 18.2 Å². The number of methoxy groups -OCH3 is 1. The van der Waals surface area contributed by atoms with Gasteiger partial charge < -0.3 is 24.3 Å². The number of anilines is 2. The molecule has 1 aliphatic rings. The van der Waals surface area contributed by atoms with E-state index in [1.807, 2.05) is 6.92 Å². The number of nitrogens with one attached hydrogen (secondary N) is 1. The third-order valence-corrected chi connectivity index (χ3v) is 15.8. The van der Waals surface area contributed by atoms with Gasteiger partial charge in [0.1, 0.15) is 28.7 Å². The number of nitrogens with zero attached hydrogens (tertiary/aromatic N) is 3. The van der Waals surface area contributed by atoms with Crippen molar-refractivity contribution in [2.24, 2.45) is 0 Å². The van der Waals surface area contributed by atoms with E-state index < -0.39 is 39.5 Å². The van der Waals surface area contributed by atoms with E-state index in [-0.39, 0.29) is 60.8 Å². The topological polar surface area (TPSA) is 189 Å². The number of benzene rings is 5. The third-order valence-electron chi connectivity index (χ3n) is 13.7. The SMILES string of the molecule is CCC(C)(C)c1cc(C(C)(C)CC)c2oc(/C(C#N)=C/c3ccc(N(C(=O)OC(C(=O)Nc4cc(CS(=O)(=O)c5ccc(O)cc5)ccc4Cl)C(=O)c4ccc(OC)cc4)C4CCCC4)cc3C)nc2c1. The summed E-state index contributed by atoms with van der Waals surface area (Å²) in [5.41, 5.74) is 5.54. The molecular formula is C56H59ClN4O9S. The summed E-state index contributed by atoms with van der Waals surface area (Å²) in [5.74, 6) is -1.77. The van der Waals surface area contributed by atoms with Crippen LogP contribution in [0.25, 0.3) is 22.7 Å². The quantitative estimate of drug-likeness (QED) is 0.0502. The van der Waals surface area contributed by atoms with Crippen molar-refractivity contribution < 1.29 is 41.8 Å². The Bertz CT molecular complexity index is 3170. The summed E-state index contributed by atoms with van der Waals surface area (Å²) in [6.07, 6.45) is 3.48. The average molecular weight is 1000 g/mol. The van der Waals surface area contributed by atoms with Crippen molar-refractivity contribution in [3.05, 3.63) is 141 Å². The molecule has 1 atom stereocenters. The maximum atomic E-state index is 14.7. The van der Waals surface area contributed by atoms with Gasteiger partial charge in [-0.3, -0.25) is 14.5 Å². The van der Waals surface area contributed by atoms with Crippen LogP contribution < -0.4 is 15.0 Å². The van der Waals surface area contributed by atoms with Crippen LogP contribution in [-0.2, 0) is 36.0 Å². The van der Waals surface area contributed by atoms with Gasteiger partial charge >= 0.3 is 6.09 Å². The number of Topliss-reactive ketones (excluding diaryl/α,β-unsaturated/α-hetero) is 1. The van der Waals surface area contributed by atoms with Crippen molar-refractivity contribution in [1.82, 2.24) is 4.98 Å². The number of hydrogen-bond acceptors (Lipinski definition) is 11. The number of aryl methyl sites for hydroxylation is 1. The van der Waals surface area contributed by atoms with Gasteiger partial charge in [0.2, 0.25) is 17.8 Å². The Kier molecular flexibility index (Phi) is 15.5. The van der Waals surface area contributed by atoms with Crippen LogP contribution in [0.15, 0.2) is 106 Å². The number of amides is 2. The third kappa shape index (κ3) is 11.5. The second-order valence-electron chi connectivity index (χ2n) is 19.3. The van der Waals surface area contributed by atoms with E-state index in [2.05, 4.69) is 65.1 Å². The number of carbonyl (C=O) groups excluding carboxylic acids is 3. The number of oxazole rings is 1. The van der Waals surface area contributed by atoms with Crippen molar-refractivity contribution in [2.45, 2.75) is 121 Å². The zero-order chi connectivity index (χ0) is 51.4. The molecule has 1 aliphatic carbocycles. The van der Waals surface area contributed by atoms with E-state index >= 15 is 0 Å². The zero-order valence-electron chi connectivity index (χ0n) is 41.3. The number of aromatic nitrogens is 1. The first-order chi connectivity index (χ1) is 33.7. The van der Waals surface area contributed by atoms with Crippen LogP contribution >= 0.6 is 11.6 Å². The molecule has 15 heteroatoms.